The molecule has 0 aliphatic carbocycles. The van der Waals surface area contributed by atoms with Gasteiger partial charge in [0.15, 0.2) is 11.8 Å². The van der Waals surface area contributed by atoms with Crippen molar-refractivity contribution in [2.45, 2.75) is 64.3 Å². The van der Waals surface area contributed by atoms with Crippen molar-refractivity contribution in [2.24, 2.45) is 5.92 Å². The van der Waals surface area contributed by atoms with Crippen LogP contribution in [0.4, 0.5) is 14.5 Å². The van der Waals surface area contributed by atoms with Crippen LogP contribution in [-0.4, -0.2) is 80.4 Å². The monoisotopic (exact) mass is 662 g/mol. The molecule has 47 heavy (non-hydrogen) atoms. The molecule has 0 N–H and O–H groups in total. The van der Waals surface area contributed by atoms with Gasteiger partial charge >= 0.3 is 0 Å². The van der Waals surface area contributed by atoms with Crippen molar-refractivity contribution >= 4 is 34.2 Å². The van der Waals surface area contributed by atoms with Gasteiger partial charge < -0.3 is 9.47 Å². The number of nitriles is 1. The standard InChI is InChI=1S/C33H33ClF2N8O3/c1-18-14-42(22-16-46-17-22)8-7-26(18)44-32-24(13-40-44)31(23(10-37)25(41-32)4-6-29(35)36)20-3-5-27-28(9-20)47-19(2)33(45)43(27)15-30-38-11-21(34)12-39-30/h3,5,9,11-13,18-19,22,26,29H,4,6-8,14-17H2,1-2H3/t18-,19?,26?/m1/s1. The normalized spacial score (nSPS) is 21.9. The van der Waals surface area contributed by atoms with Gasteiger partial charge in [0.2, 0.25) is 6.43 Å². The Morgan fingerprint density at radius 2 is 1.96 bits per heavy atom. The van der Waals surface area contributed by atoms with Crippen LogP contribution in [0.5, 0.6) is 5.75 Å². The van der Waals surface area contributed by atoms with Gasteiger partial charge in [0.05, 0.1) is 60.0 Å². The number of aryl methyl sites for hydroxylation is 1. The molecule has 3 aliphatic rings. The van der Waals surface area contributed by atoms with Crippen LogP contribution in [0.1, 0.15) is 49.8 Å². The number of carbonyl (C=O) groups is 1. The molecule has 0 bridgehead atoms. The largest absolute Gasteiger partial charge is 0.479 e. The minimum Gasteiger partial charge on any atom is -0.479 e. The van der Waals surface area contributed by atoms with Crippen LogP contribution in [0.2, 0.25) is 5.02 Å². The van der Waals surface area contributed by atoms with E-state index in [-0.39, 0.29) is 36.4 Å². The second-order valence-electron chi connectivity index (χ2n) is 12.4. The maximum Gasteiger partial charge on any atom is 0.268 e. The maximum atomic E-state index is 13.5. The zero-order valence-electron chi connectivity index (χ0n) is 25.9. The Labute approximate surface area is 275 Å². The predicted molar refractivity (Wildman–Crippen MR) is 169 cm³/mol. The summed E-state index contributed by atoms with van der Waals surface area (Å²) in [5, 5.41) is 16.2. The second kappa shape index (κ2) is 12.7. The van der Waals surface area contributed by atoms with Gasteiger partial charge in [0.25, 0.3) is 5.91 Å². The van der Waals surface area contributed by atoms with E-state index in [4.69, 9.17) is 31.2 Å². The van der Waals surface area contributed by atoms with Crippen molar-refractivity contribution in [1.82, 2.24) is 29.6 Å². The number of benzene rings is 1. The summed E-state index contributed by atoms with van der Waals surface area (Å²) >= 11 is 5.95. The highest BCUT2D eigenvalue weighted by molar-refractivity contribution is 6.30. The molecule has 11 nitrogen and oxygen atoms in total. The van der Waals surface area contributed by atoms with E-state index in [0.29, 0.717) is 56.2 Å². The number of carbonyl (C=O) groups excluding carboxylic acids is 1. The minimum absolute atomic E-state index is 0.0448. The summed E-state index contributed by atoms with van der Waals surface area (Å²) in [5.41, 5.74) is 2.78. The molecule has 3 atom stereocenters. The summed E-state index contributed by atoms with van der Waals surface area (Å²) in [6.45, 7) is 7.24. The van der Waals surface area contributed by atoms with Crippen LogP contribution >= 0.6 is 11.6 Å². The quantitative estimate of drug-likeness (QED) is 0.250. The van der Waals surface area contributed by atoms with Gasteiger partial charge in [-0.1, -0.05) is 24.6 Å². The topological polar surface area (TPSA) is 122 Å². The SMILES string of the molecule is CC1Oc2cc(-c3c(C#N)c(CCC(F)F)nc4c3cnn4C3CCN(C4COC4)C[C@H]3C)ccc2N(Cc2ncc(Cl)cn2)C1=O. The van der Waals surface area contributed by atoms with E-state index in [1.165, 1.54) is 12.4 Å². The van der Waals surface area contributed by atoms with Gasteiger partial charge in [0, 0.05) is 42.9 Å². The highest BCUT2D eigenvalue weighted by Crippen LogP contribution is 2.42. The number of likely N-dealkylation sites (tertiary alicyclic amines) is 1. The average molecular weight is 663 g/mol. The third kappa shape index (κ3) is 5.90. The molecule has 2 unspecified atom stereocenters. The van der Waals surface area contributed by atoms with Gasteiger partial charge in [-0.15, -0.1) is 0 Å². The van der Waals surface area contributed by atoms with Crippen molar-refractivity contribution < 1.29 is 23.0 Å². The Morgan fingerprint density at radius 1 is 1.17 bits per heavy atom. The molecule has 0 saturated carbocycles. The lowest BCUT2D eigenvalue weighted by Crippen LogP contribution is -2.54. The molecule has 2 saturated heterocycles. The number of piperidine rings is 1. The van der Waals surface area contributed by atoms with Crippen LogP contribution in [0, 0.1) is 17.2 Å². The van der Waals surface area contributed by atoms with Gasteiger partial charge in [-0.2, -0.15) is 10.4 Å². The van der Waals surface area contributed by atoms with Crippen LogP contribution < -0.4 is 9.64 Å². The third-order valence-electron chi connectivity index (χ3n) is 9.30. The summed E-state index contributed by atoms with van der Waals surface area (Å²) in [5.74, 6) is 0.838. The van der Waals surface area contributed by atoms with Crippen LogP contribution in [-0.2, 0) is 22.5 Å². The Balaban J connectivity index is 1.30. The van der Waals surface area contributed by atoms with Crippen molar-refractivity contribution in [3.05, 3.63) is 58.9 Å². The number of rotatable bonds is 8. The molecule has 4 aromatic rings. The lowest BCUT2D eigenvalue weighted by molar-refractivity contribution is -0.125. The lowest BCUT2D eigenvalue weighted by atomic mass is 9.92. The smallest absolute Gasteiger partial charge is 0.268 e. The van der Waals surface area contributed by atoms with E-state index in [9.17, 15) is 18.8 Å². The summed E-state index contributed by atoms with van der Waals surface area (Å²) < 4.78 is 40.3. The Morgan fingerprint density at radius 3 is 2.64 bits per heavy atom. The Bertz CT molecular complexity index is 1860. The molecular weight excluding hydrogens is 630 g/mol. The van der Waals surface area contributed by atoms with Crippen molar-refractivity contribution in [2.75, 3.05) is 31.2 Å². The van der Waals surface area contributed by atoms with E-state index in [2.05, 4.69) is 27.9 Å². The second-order valence-corrected chi connectivity index (χ2v) is 12.8. The molecule has 2 fully saturated rings. The fourth-order valence-electron chi connectivity index (χ4n) is 6.78. The van der Waals surface area contributed by atoms with E-state index in [0.717, 1.165) is 32.7 Å². The van der Waals surface area contributed by atoms with Crippen molar-refractivity contribution in [3.63, 3.8) is 0 Å². The first kappa shape index (κ1) is 31.4. The molecular formula is C33H33ClF2N8O3. The fraction of sp³-hybridized carbons (Fsp3) is 0.455. The Kier molecular flexibility index (Phi) is 8.50. The zero-order chi connectivity index (χ0) is 32.8. The summed E-state index contributed by atoms with van der Waals surface area (Å²) in [6, 6.07) is 8.07. The van der Waals surface area contributed by atoms with E-state index < -0.39 is 19.0 Å². The first-order valence-electron chi connectivity index (χ1n) is 15.7. The van der Waals surface area contributed by atoms with Crippen molar-refractivity contribution in [3.8, 4) is 22.9 Å². The molecule has 14 heteroatoms. The van der Waals surface area contributed by atoms with Gasteiger partial charge in [-0.3, -0.25) is 14.6 Å². The van der Waals surface area contributed by atoms with Crippen LogP contribution in [0.25, 0.3) is 22.2 Å². The highest BCUT2D eigenvalue weighted by Gasteiger charge is 2.36. The van der Waals surface area contributed by atoms with E-state index in [1.54, 1.807) is 36.2 Å². The van der Waals surface area contributed by atoms with Gasteiger partial charge in [0.1, 0.15) is 17.6 Å². The lowest BCUT2D eigenvalue weighted by Gasteiger charge is -2.44. The molecule has 6 heterocycles. The molecule has 0 spiro atoms. The van der Waals surface area contributed by atoms with Gasteiger partial charge in [-0.05, 0) is 43.4 Å². The predicted octanol–water partition coefficient (Wildman–Crippen LogP) is 5.21. The summed E-state index contributed by atoms with van der Waals surface area (Å²) in [6.07, 6.45) is 1.69. The molecule has 3 aromatic heterocycles. The molecule has 1 amide bonds. The number of aromatic nitrogens is 5. The van der Waals surface area contributed by atoms with Crippen LogP contribution in [0.3, 0.4) is 0 Å². The number of anilines is 1. The highest BCUT2D eigenvalue weighted by atomic mass is 35.5. The number of hydrogen-bond donors (Lipinski definition) is 0. The number of hydrogen-bond acceptors (Lipinski definition) is 9. The Hall–Kier alpha value is -4.25. The molecule has 1 aromatic carbocycles. The third-order valence-corrected chi connectivity index (χ3v) is 9.50. The van der Waals surface area contributed by atoms with E-state index >= 15 is 0 Å². The fourth-order valence-corrected chi connectivity index (χ4v) is 6.88. The molecule has 244 valence electrons. The maximum absolute atomic E-state index is 13.5. The number of ether oxygens (including phenoxy) is 2. The molecule has 7 rings (SSSR count). The minimum atomic E-state index is -2.54. The number of halogens is 3. The van der Waals surface area contributed by atoms with Crippen molar-refractivity contribution in [1.29, 1.82) is 5.26 Å². The first-order chi connectivity index (χ1) is 22.7. The van der Waals surface area contributed by atoms with E-state index in [1.807, 2.05) is 4.68 Å². The molecule has 0 radical (unpaired) electrons. The number of fused-ring (bicyclic) bond motifs is 2. The summed E-state index contributed by atoms with van der Waals surface area (Å²) in [7, 11) is 0. The average Bonchev–Trinajstić information content (AvgIpc) is 3.44. The number of amides is 1. The number of nitrogens with zero attached hydrogens (tertiary/aromatic N) is 8. The summed E-state index contributed by atoms with van der Waals surface area (Å²) in [4.78, 5) is 30.5. The van der Waals surface area contributed by atoms with Gasteiger partial charge in [-0.25, -0.2) is 28.4 Å². The number of alkyl halides is 2. The van der Waals surface area contributed by atoms with Crippen LogP contribution in [0.15, 0.2) is 36.8 Å². The first-order valence-corrected chi connectivity index (χ1v) is 16.1. The zero-order valence-corrected chi connectivity index (χ0v) is 26.7. The molecule has 3 aliphatic heterocycles. The number of pyridine rings is 1.